The molecule has 240 valence electrons. The van der Waals surface area contributed by atoms with Crippen molar-refractivity contribution in [2.24, 2.45) is 17.6 Å². The number of carbonyl (C=O) groups is 2. The Kier molecular flexibility index (Phi) is 14.4. The largest absolute Gasteiger partial charge is 0.493 e. The summed E-state index contributed by atoms with van der Waals surface area (Å²) < 4.78 is 58.0. The first-order valence-corrected chi connectivity index (χ1v) is 14.3. The number of aliphatic hydroxyl groups excluding tert-OH is 1. The zero-order chi connectivity index (χ0) is 32.0. The number of carbonyl (C=O) groups excluding carboxylic acids is 2. The van der Waals surface area contributed by atoms with Gasteiger partial charge in [0.15, 0.2) is 0 Å². The summed E-state index contributed by atoms with van der Waals surface area (Å²) in [5.74, 6) is -1.47. The van der Waals surface area contributed by atoms with Crippen molar-refractivity contribution in [3.05, 3.63) is 65.7 Å². The summed E-state index contributed by atoms with van der Waals surface area (Å²) in [6.07, 6.45) is -4.59. The standard InChI is InChI=1S/C31H44F3N3O6/c1-21(2)22(19-36-28(39)24-14-8-9-15-27(24)43-17-11-10-16-41-3)18-25(35)26(38)20-37-29(40)30(42-4,31(32,33)34)23-12-6-5-7-13-23/h5-9,12-15,21-22,25-26,38H,10-11,16-20,35H2,1-4H3,(H,36,39)(H,37,40)/t22-,25+,26+,30-/m1/s1. The number of rotatable bonds is 18. The van der Waals surface area contributed by atoms with Gasteiger partial charge in [-0.3, -0.25) is 9.59 Å². The Hall–Kier alpha value is -3.19. The lowest BCUT2D eigenvalue weighted by atomic mass is 9.87. The maximum Gasteiger partial charge on any atom is 0.430 e. The molecule has 0 aliphatic carbocycles. The van der Waals surface area contributed by atoms with Crippen molar-refractivity contribution in [3.8, 4) is 5.75 Å². The highest BCUT2D eigenvalue weighted by Gasteiger charge is 2.62. The third kappa shape index (κ3) is 9.92. The lowest BCUT2D eigenvalue weighted by molar-refractivity contribution is -0.265. The Morgan fingerprint density at radius 3 is 2.16 bits per heavy atom. The van der Waals surface area contributed by atoms with Gasteiger partial charge in [-0.05, 0) is 43.2 Å². The highest BCUT2D eigenvalue weighted by atomic mass is 19.4. The minimum absolute atomic E-state index is 0.0462. The number of hydrogen-bond donors (Lipinski definition) is 4. The van der Waals surface area contributed by atoms with E-state index >= 15 is 0 Å². The highest BCUT2D eigenvalue weighted by Crippen LogP contribution is 2.42. The first kappa shape index (κ1) is 36.0. The molecular formula is C31H44F3N3O6. The highest BCUT2D eigenvalue weighted by molar-refractivity contribution is 5.96. The minimum atomic E-state index is -5.07. The van der Waals surface area contributed by atoms with Crippen LogP contribution < -0.4 is 21.1 Å². The second-order valence-electron chi connectivity index (χ2n) is 10.7. The molecule has 0 saturated heterocycles. The van der Waals surface area contributed by atoms with Gasteiger partial charge in [0.2, 0.25) is 0 Å². The number of nitrogens with one attached hydrogen (secondary N) is 2. The van der Waals surface area contributed by atoms with E-state index in [1.165, 1.54) is 18.2 Å². The van der Waals surface area contributed by atoms with Gasteiger partial charge >= 0.3 is 6.18 Å². The smallest absolute Gasteiger partial charge is 0.430 e. The van der Waals surface area contributed by atoms with Gasteiger partial charge in [-0.15, -0.1) is 0 Å². The Morgan fingerprint density at radius 1 is 0.930 bits per heavy atom. The fraction of sp³-hybridized carbons (Fsp3) is 0.548. The van der Waals surface area contributed by atoms with E-state index in [0.717, 1.165) is 32.1 Å². The second-order valence-corrected chi connectivity index (χ2v) is 10.7. The van der Waals surface area contributed by atoms with Crippen molar-refractivity contribution in [2.75, 3.05) is 40.5 Å². The number of hydrogen-bond acceptors (Lipinski definition) is 7. The lowest BCUT2D eigenvalue weighted by Gasteiger charge is -2.34. The lowest BCUT2D eigenvalue weighted by Crippen LogP contribution is -2.57. The molecule has 2 aromatic carbocycles. The first-order valence-electron chi connectivity index (χ1n) is 14.3. The van der Waals surface area contributed by atoms with E-state index in [4.69, 9.17) is 19.9 Å². The number of amides is 2. The van der Waals surface area contributed by atoms with E-state index in [9.17, 15) is 27.9 Å². The van der Waals surface area contributed by atoms with Crippen LogP contribution in [0.5, 0.6) is 5.75 Å². The van der Waals surface area contributed by atoms with Gasteiger partial charge in [-0.25, -0.2) is 0 Å². The number of ether oxygens (including phenoxy) is 3. The molecule has 0 saturated carbocycles. The molecule has 0 bridgehead atoms. The Labute approximate surface area is 251 Å². The molecule has 0 aliphatic rings. The van der Waals surface area contributed by atoms with Gasteiger partial charge in [0.05, 0.1) is 18.3 Å². The van der Waals surface area contributed by atoms with Crippen LogP contribution in [0.2, 0.25) is 0 Å². The van der Waals surface area contributed by atoms with E-state index in [0.29, 0.717) is 24.5 Å². The number of benzene rings is 2. The summed E-state index contributed by atoms with van der Waals surface area (Å²) in [6.45, 7) is 4.64. The predicted octanol–water partition coefficient (Wildman–Crippen LogP) is 3.79. The molecule has 0 fully saturated rings. The van der Waals surface area contributed by atoms with Gasteiger partial charge in [0.1, 0.15) is 5.75 Å². The van der Waals surface area contributed by atoms with Crippen molar-refractivity contribution in [2.45, 2.75) is 57.0 Å². The van der Waals surface area contributed by atoms with Crippen LogP contribution >= 0.6 is 0 Å². The maximum atomic E-state index is 14.1. The molecule has 0 heterocycles. The third-order valence-electron chi connectivity index (χ3n) is 7.35. The normalized spacial score (nSPS) is 15.3. The maximum absolute atomic E-state index is 14.1. The zero-order valence-electron chi connectivity index (χ0n) is 25.2. The number of halogens is 3. The summed E-state index contributed by atoms with van der Waals surface area (Å²) in [5, 5.41) is 15.7. The Bertz CT molecular complexity index is 1140. The number of methoxy groups -OCH3 is 2. The molecule has 0 radical (unpaired) electrons. The van der Waals surface area contributed by atoms with Crippen LogP contribution in [0.4, 0.5) is 13.2 Å². The molecule has 4 atom stereocenters. The second kappa shape index (κ2) is 17.2. The van der Waals surface area contributed by atoms with Crippen molar-refractivity contribution in [1.82, 2.24) is 10.6 Å². The fourth-order valence-electron chi connectivity index (χ4n) is 4.62. The van der Waals surface area contributed by atoms with Crippen LogP contribution in [-0.4, -0.2) is 75.8 Å². The van der Waals surface area contributed by atoms with E-state index in [1.807, 2.05) is 13.8 Å². The summed E-state index contributed by atoms with van der Waals surface area (Å²) in [7, 11) is 2.43. The average Bonchev–Trinajstić information content (AvgIpc) is 2.98. The SMILES string of the molecule is COCCCCOc1ccccc1C(=O)NC[C@@H](C[C@H](N)[C@@H](O)CNC(=O)[C@](OC)(c1ccccc1)C(F)(F)F)C(C)C. The summed E-state index contributed by atoms with van der Waals surface area (Å²) in [6, 6.07) is 12.6. The van der Waals surface area contributed by atoms with E-state index in [2.05, 4.69) is 10.6 Å². The van der Waals surface area contributed by atoms with Crippen molar-refractivity contribution >= 4 is 11.8 Å². The van der Waals surface area contributed by atoms with Crippen LogP contribution in [0.3, 0.4) is 0 Å². The quantitative estimate of drug-likeness (QED) is 0.189. The first-order chi connectivity index (χ1) is 20.4. The molecule has 9 nitrogen and oxygen atoms in total. The monoisotopic (exact) mass is 611 g/mol. The van der Waals surface area contributed by atoms with Crippen molar-refractivity contribution in [1.29, 1.82) is 0 Å². The van der Waals surface area contributed by atoms with Crippen molar-refractivity contribution in [3.63, 3.8) is 0 Å². The number of aliphatic hydroxyl groups is 1. The summed E-state index contributed by atoms with van der Waals surface area (Å²) in [5.41, 5.74) is 2.95. The molecule has 0 spiro atoms. The molecule has 2 aromatic rings. The van der Waals surface area contributed by atoms with Crippen molar-refractivity contribution < 1.29 is 42.1 Å². The number of nitrogens with two attached hydrogens (primary N) is 1. The number of para-hydroxylation sites is 1. The Morgan fingerprint density at radius 2 is 1.56 bits per heavy atom. The van der Waals surface area contributed by atoms with E-state index in [1.54, 1.807) is 31.4 Å². The van der Waals surface area contributed by atoms with Gasteiger partial charge in [0, 0.05) is 45.5 Å². The molecule has 0 unspecified atom stereocenters. The molecule has 0 aliphatic heterocycles. The van der Waals surface area contributed by atoms with Crippen LogP contribution in [0.25, 0.3) is 0 Å². The van der Waals surface area contributed by atoms with Gasteiger partial charge < -0.3 is 35.7 Å². The molecule has 43 heavy (non-hydrogen) atoms. The van der Waals surface area contributed by atoms with Gasteiger partial charge in [0.25, 0.3) is 17.4 Å². The van der Waals surface area contributed by atoms with E-state index < -0.39 is 41.9 Å². The molecule has 2 amide bonds. The van der Waals surface area contributed by atoms with Crippen LogP contribution in [0, 0.1) is 11.8 Å². The predicted molar refractivity (Wildman–Crippen MR) is 157 cm³/mol. The van der Waals surface area contributed by atoms with E-state index in [-0.39, 0.29) is 30.7 Å². The van der Waals surface area contributed by atoms with Gasteiger partial charge in [-0.2, -0.15) is 13.2 Å². The molecule has 12 heteroatoms. The minimum Gasteiger partial charge on any atom is -0.493 e. The molecule has 5 N–H and O–H groups in total. The fourth-order valence-corrected chi connectivity index (χ4v) is 4.62. The Balaban J connectivity index is 1.99. The molecular weight excluding hydrogens is 567 g/mol. The number of unbranched alkanes of at least 4 members (excludes halogenated alkanes) is 1. The van der Waals surface area contributed by atoms with Crippen LogP contribution in [0.15, 0.2) is 54.6 Å². The summed E-state index contributed by atoms with van der Waals surface area (Å²) >= 11 is 0. The average molecular weight is 612 g/mol. The summed E-state index contributed by atoms with van der Waals surface area (Å²) in [4.78, 5) is 25.9. The van der Waals surface area contributed by atoms with Gasteiger partial charge in [-0.1, -0.05) is 56.3 Å². The molecule has 2 rings (SSSR count). The molecule has 0 aromatic heterocycles. The zero-order valence-corrected chi connectivity index (χ0v) is 25.2. The topological polar surface area (TPSA) is 132 Å². The third-order valence-corrected chi connectivity index (χ3v) is 7.35. The van der Waals surface area contributed by atoms with Crippen LogP contribution in [-0.2, 0) is 19.9 Å². The van der Waals surface area contributed by atoms with Crippen LogP contribution in [0.1, 0.15) is 49.0 Å². The number of alkyl halides is 3.